The largest absolute Gasteiger partial charge is 0.355 e. The summed E-state index contributed by atoms with van der Waals surface area (Å²) in [6.45, 7) is 8.42. The molecule has 1 unspecified atom stereocenters. The van der Waals surface area contributed by atoms with Gasteiger partial charge in [-0.3, -0.25) is 4.98 Å². The van der Waals surface area contributed by atoms with Gasteiger partial charge in [-0.15, -0.1) is 0 Å². The van der Waals surface area contributed by atoms with E-state index in [-0.39, 0.29) is 0 Å². The molecule has 1 aromatic heterocycles. The average molecular weight is 262 g/mol. The van der Waals surface area contributed by atoms with Gasteiger partial charge < -0.3 is 10.2 Å². The lowest BCUT2D eigenvalue weighted by atomic mass is 9.98. The summed E-state index contributed by atoms with van der Waals surface area (Å²) in [4.78, 5) is 11.5. The van der Waals surface area contributed by atoms with Gasteiger partial charge in [-0.2, -0.15) is 0 Å². The van der Waals surface area contributed by atoms with Crippen LogP contribution < -0.4 is 10.2 Å². The Kier molecular flexibility index (Phi) is 5.58. The van der Waals surface area contributed by atoms with Crippen LogP contribution in [0.5, 0.6) is 0 Å². The number of nitrogens with zero attached hydrogens (tertiary/aromatic N) is 3. The van der Waals surface area contributed by atoms with E-state index in [1.165, 1.54) is 25.7 Å². The van der Waals surface area contributed by atoms with Gasteiger partial charge in [0.05, 0.1) is 18.1 Å². The van der Waals surface area contributed by atoms with Crippen LogP contribution in [-0.2, 0) is 6.54 Å². The van der Waals surface area contributed by atoms with Crippen LogP contribution in [0.25, 0.3) is 0 Å². The van der Waals surface area contributed by atoms with Crippen molar-refractivity contribution >= 4 is 5.82 Å². The van der Waals surface area contributed by atoms with Crippen LogP contribution in [0.1, 0.15) is 45.2 Å². The molecule has 2 rings (SSSR count). The number of hydrogen-bond donors (Lipinski definition) is 1. The highest BCUT2D eigenvalue weighted by molar-refractivity contribution is 5.35. The van der Waals surface area contributed by atoms with E-state index < -0.39 is 0 Å². The molecule has 0 spiro atoms. The molecule has 106 valence electrons. The van der Waals surface area contributed by atoms with Crippen molar-refractivity contribution in [1.29, 1.82) is 0 Å². The molecule has 0 saturated carbocycles. The molecule has 0 radical (unpaired) electrons. The molecule has 0 aromatic carbocycles. The van der Waals surface area contributed by atoms with Gasteiger partial charge in [-0.1, -0.05) is 20.3 Å². The fourth-order valence-corrected chi connectivity index (χ4v) is 2.66. The van der Waals surface area contributed by atoms with Crippen LogP contribution in [0, 0.1) is 5.92 Å². The summed E-state index contributed by atoms with van der Waals surface area (Å²) in [5, 5.41) is 3.27. The highest BCUT2D eigenvalue weighted by Gasteiger charge is 2.16. The highest BCUT2D eigenvalue weighted by Crippen LogP contribution is 2.22. The molecule has 1 aromatic rings. The minimum absolute atomic E-state index is 0.807. The first kappa shape index (κ1) is 14.3. The Morgan fingerprint density at radius 2 is 2.11 bits per heavy atom. The first-order chi connectivity index (χ1) is 9.33. The smallest absolute Gasteiger partial charge is 0.147 e. The normalized spacial score (nSPS) is 20.3. The molecule has 1 aliphatic heterocycles. The van der Waals surface area contributed by atoms with E-state index in [2.05, 4.69) is 34.0 Å². The number of rotatable bonds is 5. The summed E-state index contributed by atoms with van der Waals surface area (Å²) in [5.41, 5.74) is 1.02. The highest BCUT2D eigenvalue weighted by atomic mass is 15.2. The van der Waals surface area contributed by atoms with E-state index >= 15 is 0 Å². The quantitative estimate of drug-likeness (QED) is 0.885. The number of hydrogen-bond acceptors (Lipinski definition) is 4. The van der Waals surface area contributed by atoms with Gasteiger partial charge in [0, 0.05) is 19.6 Å². The van der Waals surface area contributed by atoms with Gasteiger partial charge in [-0.25, -0.2) is 4.98 Å². The second-order valence-electron chi connectivity index (χ2n) is 5.34. The molecule has 1 aliphatic rings. The first-order valence-electron chi connectivity index (χ1n) is 7.60. The molecular weight excluding hydrogens is 236 g/mol. The number of anilines is 1. The second-order valence-corrected chi connectivity index (χ2v) is 5.34. The van der Waals surface area contributed by atoms with Gasteiger partial charge in [-0.05, 0) is 31.7 Å². The average Bonchev–Trinajstić information content (AvgIpc) is 2.71. The maximum atomic E-state index is 4.57. The zero-order valence-electron chi connectivity index (χ0n) is 12.2. The summed E-state index contributed by atoms with van der Waals surface area (Å²) < 4.78 is 0. The summed E-state index contributed by atoms with van der Waals surface area (Å²) in [6.07, 6.45) is 9.07. The lowest BCUT2D eigenvalue weighted by Gasteiger charge is -2.21. The van der Waals surface area contributed by atoms with E-state index in [0.717, 1.165) is 43.6 Å². The summed E-state index contributed by atoms with van der Waals surface area (Å²) in [7, 11) is 0. The lowest BCUT2D eigenvalue weighted by Crippen LogP contribution is -2.25. The van der Waals surface area contributed by atoms with E-state index in [0.29, 0.717) is 0 Å². The molecule has 0 aliphatic carbocycles. The fraction of sp³-hybridized carbons (Fsp3) is 0.733. The standard InChI is InChI=1S/C15H26N4/c1-3-13-6-5-8-19(9-7-13)15-12-17-14(11-18-15)10-16-4-2/h11-13,16H,3-10H2,1-2H3. The Labute approximate surface area is 116 Å². The van der Waals surface area contributed by atoms with E-state index in [1.807, 2.05) is 12.4 Å². The Morgan fingerprint density at radius 3 is 2.79 bits per heavy atom. The topological polar surface area (TPSA) is 41.1 Å². The van der Waals surface area contributed by atoms with Crippen LogP contribution in [0.3, 0.4) is 0 Å². The summed E-state index contributed by atoms with van der Waals surface area (Å²) >= 11 is 0. The predicted octanol–water partition coefficient (Wildman–Crippen LogP) is 2.60. The molecule has 4 nitrogen and oxygen atoms in total. The fourth-order valence-electron chi connectivity index (χ4n) is 2.66. The molecule has 0 amide bonds. The zero-order chi connectivity index (χ0) is 13.5. The van der Waals surface area contributed by atoms with Crippen LogP contribution in [-0.4, -0.2) is 29.6 Å². The van der Waals surface area contributed by atoms with Gasteiger partial charge in [0.1, 0.15) is 5.82 Å². The van der Waals surface area contributed by atoms with Crippen LogP contribution in [0.4, 0.5) is 5.82 Å². The lowest BCUT2D eigenvalue weighted by molar-refractivity contribution is 0.459. The summed E-state index contributed by atoms with van der Waals surface area (Å²) in [5.74, 6) is 1.93. The SMILES string of the molecule is CCNCc1cnc(N2CCCC(CC)CC2)cn1. The summed E-state index contributed by atoms with van der Waals surface area (Å²) in [6, 6.07) is 0. The number of nitrogens with one attached hydrogen (secondary N) is 1. The molecule has 1 fully saturated rings. The van der Waals surface area contributed by atoms with E-state index in [9.17, 15) is 0 Å². The third-order valence-corrected chi connectivity index (χ3v) is 4.00. The maximum Gasteiger partial charge on any atom is 0.147 e. The van der Waals surface area contributed by atoms with E-state index in [1.54, 1.807) is 0 Å². The van der Waals surface area contributed by atoms with Gasteiger partial charge in [0.25, 0.3) is 0 Å². The van der Waals surface area contributed by atoms with Crippen molar-refractivity contribution in [2.45, 2.75) is 46.1 Å². The number of aromatic nitrogens is 2. The van der Waals surface area contributed by atoms with Gasteiger partial charge in [0.15, 0.2) is 0 Å². The van der Waals surface area contributed by atoms with Gasteiger partial charge >= 0.3 is 0 Å². The minimum Gasteiger partial charge on any atom is -0.355 e. The molecule has 19 heavy (non-hydrogen) atoms. The Bertz CT molecular complexity index is 363. The zero-order valence-corrected chi connectivity index (χ0v) is 12.2. The molecule has 2 heterocycles. The van der Waals surface area contributed by atoms with E-state index in [4.69, 9.17) is 0 Å². The predicted molar refractivity (Wildman–Crippen MR) is 79.3 cm³/mol. The van der Waals surface area contributed by atoms with Crippen molar-refractivity contribution < 1.29 is 0 Å². The van der Waals surface area contributed by atoms with Crippen molar-refractivity contribution in [2.24, 2.45) is 5.92 Å². The molecular formula is C15H26N4. The van der Waals surface area contributed by atoms with Crippen molar-refractivity contribution in [2.75, 3.05) is 24.5 Å². The van der Waals surface area contributed by atoms with Crippen LogP contribution in [0.15, 0.2) is 12.4 Å². The van der Waals surface area contributed by atoms with Crippen molar-refractivity contribution in [3.8, 4) is 0 Å². The second kappa shape index (κ2) is 7.43. The van der Waals surface area contributed by atoms with Crippen molar-refractivity contribution in [3.05, 3.63) is 18.1 Å². The Morgan fingerprint density at radius 1 is 1.21 bits per heavy atom. The van der Waals surface area contributed by atoms with Crippen LogP contribution >= 0.6 is 0 Å². The molecule has 4 heteroatoms. The third-order valence-electron chi connectivity index (χ3n) is 4.00. The monoisotopic (exact) mass is 262 g/mol. The molecule has 1 saturated heterocycles. The van der Waals surface area contributed by atoms with Gasteiger partial charge in [0.2, 0.25) is 0 Å². The van der Waals surface area contributed by atoms with Crippen molar-refractivity contribution in [1.82, 2.24) is 15.3 Å². The molecule has 1 atom stereocenters. The van der Waals surface area contributed by atoms with Crippen LogP contribution in [0.2, 0.25) is 0 Å². The molecule has 1 N–H and O–H groups in total. The maximum absolute atomic E-state index is 4.57. The van der Waals surface area contributed by atoms with Crippen molar-refractivity contribution in [3.63, 3.8) is 0 Å². The Hall–Kier alpha value is -1.16. The first-order valence-corrected chi connectivity index (χ1v) is 7.60. The molecule has 0 bridgehead atoms. The minimum atomic E-state index is 0.807. The Balaban J connectivity index is 1.93. The third kappa shape index (κ3) is 4.16.